The highest BCUT2D eigenvalue weighted by Crippen LogP contribution is 2.35. The highest BCUT2D eigenvalue weighted by molar-refractivity contribution is 6.02. The second-order valence-electron chi connectivity index (χ2n) is 5.18. The lowest BCUT2D eigenvalue weighted by Gasteiger charge is -2.31. The molecule has 2 amide bonds. The molecule has 0 radical (unpaired) electrons. The average Bonchev–Trinajstić information content (AvgIpc) is 2.50. The number of nitrogens with one attached hydrogen (secondary N) is 1. The van der Waals surface area contributed by atoms with Gasteiger partial charge in [0.2, 0.25) is 11.8 Å². The number of aliphatic carboxylic acids is 1. The lowest BCUT2D eigenvalue weighted by molar-refractivity contribution is -0.142. The van der Waals surface area contributed by atoms with E-state index in [1.807, 2.05) is 0 Å². The number of hydrogen-bond donors (Lipinski definition) is 3. The standard InChI is InChI=1S/C15H18N2O5/c1-17-12-5-3-2-4-9(12)10(8-13(17)19)14(20)16-11(6-7-18)15(21)22/h2-5,10-11,18H,6-8H2,1H3,(H,16,20)(H,21,22)/t10?,11-/m0/s1. The number of para-hydroxylation sites is 1. The molecule has 1 heterocycles. The van der Waals surface area contributed by atoms with Crippen LogP contribution in [0.25, 0.3) is 0 Å². The van der Waals surface area contributed by atoms with Crippen LogP contribution in [0, 0.1) is 0 Å². The van der Waals surface area contributed by atoms with Gasteiger partial charge in [-0.1, -0.05) is 18.2 Å². The minimum Gasteiger partial charge on any atom is -0.480 e. The van der Waals surface area contributed by atoms with Crippen molar-refractivity contribution in [3.05, 3.63) is 29.8 Å². The molecule has 0 fully saturated rings. The predicted molar refractivity (Wildman–Crippen MR) is 78.5 cm³/mol. The summed E-state index contributed by atoms with van der Waals surface area (Å²) in [4.78, 5) is 36.9. The molecular weight excluding hydrogens is 288 g/mol. The number of benzene rings is 1. The second-order valence-corrected chi connectivity index (χ2v) is 5.18. The van der Waals surface area contributed by atoms with Crippen LogP contribution in [-0.4, -0.2) is 47.7 Å². The molecule has 0 aromatic heterocycles. The van der Waals surface area contributed by atoms with Gasteiger partial charge in [0.05, 0.1) is 5.92 Å². The fourth-order valence-corrected chi connectivity index (χ4v) is 2.54. The van der Waals surface area contributed by atoms with Crippen LogP contribution in [0.15, 0.2) is 24.3 Å². The van der Waals surface area contributed by atoms with Crippen molar-refractivity contribution in [1.82, 2.24) is 5.32 Å². The molecular formula is C15H18N2O5. The monoisotopic (exact) mass is 306 g/mol. The summed E-state index contributed by atoms with van der Waals surface area (Å²) in [5.41, 5.74) is 1.34. The number of anilines is 1. The highest BCUT2D eigenvalue weighted by Gasteiger charge is 2.35. The third-order valence-corrected chi connectivity index (χ3v) is 3.78. The quantitative estimate of drug-likeness (QED) is 0.714. The van der Waals surface area contributed by atoms with Crippen molar-refractivity contribution in [2.75, 3.05) is 18.6 Å². The van der Waals surface area contributed by atoms with E-state index in [-0.39, 0.29) is 25.4 Å². The molecule has 0 saturated carbocycles. The Balaban J connectivity index is 2.25. The van der Waals surface area contributed by atoms with Gasteiger partial charge in [0.25, 0.3) is 0 Å². The third-order valence-electron chi connectivity index (χ3n) is 3.78. The number of aliphatic hydroxyl groups excluding tert-OH is 1. The van der Waals surface area contributed by atoms with Gasteiger partial charge in [0.1, 0.15) is 6.04 Å². The van der Waals surface area contributed by atoms with E-state index in [1.165, 1.54) is 4.90 Å². The molecule has 0 bridgehead atoms. The zero-order valence-electron chi connectivity index (χ0n) is 12.2. The Kier molecular flexibility index (Phi) is 4.77. The first-order chi connectivity index (χ1) is 10.5. The maximum atomic E-state index is 12.4. The number of nitrogens with zero attached hydrogens (tertiary/aromatic N) is 1. The van der Waals surface area contributed by atoms with Crippen molar-refractivity contribution in [2.45, 2.75) is 24.8 Å². The molecule has 7 heteroatoms. The smallest absolute Gasteiger partial charge is 0.326 e. The van der Waals surface area contributed by atoms with E-state index in [0.717, 1.165) is 0 Å². The maximum absolute atomic E-state index is 12.4. The first-order valence-corrected chi connectivity index (χ1v) is 6.95. The minimum absolute atomic E-state index is 0.00912. The molecule has 1 aromatic carbocycles. The van der Waals surface area contributed by atoms with Gasteiger partial charge in [0, 0.05) is 32.2 Å². The number of carboxylic acids is 1. The normalized spacial score (nSPS) is 18.5. The first-order valence-electron chi connectivity index (χ1n) is 6.95. The number of fused-ring (bicyclic) bond motifs is 1. The molecule has 2 atom stereocenters. The summed E-state index contributed by atoms with van der Waals surface area (Å²) in [5, 5.41) is 20.3. The Morgan fingerprint density at radius 1 is 1.41 bits per heavy atom. The van der Waals surface area contributed by atoms with Gasteiger partial charge in [-0.3, -0.25) is 9.59 Å². The van der Waals surface area contributed by atoms with Crippen molar-refractivity contribution < 1.29 is 24.6 Å². The maximum Gasteiger partial charge on any atom is 0.326 e. The van der Waals surface area contributed by atoms with Gasteiger partial charge in [0.15, 0.2) is 0 Å². The number of amides is 2. The van der Waals surface area contributed by atoms with Gasteiger partial charge < -0.3 is 20.4 Å². The summed E-state index contributed by atoms with van der Waals surface area (Å²) in [6.45, 7) is -0.347. The van der Waals surface area contributed by atoms with E-state index in [4.69, 9.17) is 10.2 Å². The summed E-state index contributed by atoms with van der Waals surface area (Å²) >= 11 is 0. The lowest BCUT2D eigenvalue weighted by atomic mass is 9.88. The van der Waals surface area contributed by atoms with Crippen molar-refractivity contribution >= 4 is 23.5 Å². The molecule has 3 N–H and O–H groups in total. The molecule has 2 rings (SSSR count). The van der Waals surface area contributed by atoms with Gasteiger partial charge >= 0.3 is 5.97 Å². The zero-order valence-corrected chi connectivity index (χ0v) is 12.2. The van der Waals surface area contributed by atoms with Crippen molar-refractivity contribution in [3.63, 3.8) is 0 Å². The van der Waals surface area contributed by atoms with Crippen LogP contribution in [-0.2, 0) is 14.4 Å². The fraction of sp³-hybridized carbons (Fsp3) is 0.400. The summed E-state index contributed by atoms with van der Waals surface area (Å²) < 4.78 is 0. The third kappa shape index (κ3) is 3.09. The number of rotatable bonds is 5. The Morgan fingerprint density at radius 2 is 2.09 bits per heavy atom. The van der Waals surface area contributed by atoms with Crippen LogP contribution in [0.4, 0.5) is 5.69 Å². The van der Waals surface area contributed by atoms with Gasteiger partial charge in [-0.05, 0) is 11.6 Å². The van der Waals surface area contributed by atoms with Crippen LogP contribution < -0.4 is 10.2 Å². The summed E-state index contributed by atoms with van der Waals surface area (Å²) in [6, 6.07) is 5.87. The first kappa shape index (κ1) is 16.0. The number of carbonyl (C=O) groups is 3. The molecule has 1 aliphatic heterocycles. The fourth-order valence-electron chi connectivity index (χ4n) is 2.54. The van der Waals surface area contributed by atoms with Gasteiger partial charge in [-0.25, -0.2) is 4.79 Å². The Morgan fingerprint density at radius 3 is 2.73 bits per heavy atom. The molecule has 22 heavy (non-hydrogen) atoms. The lowest BCUT2D eigenvalue weighted by Crippen LogP contribution is -2.46. The van der Waals surface area contributed by atoms with Crippen LogP contribution >= 0.6 is 0 Å². The summed E-state index contributed by atoms with van der Waals surface area (Å²) in [7, 11) is 1.64. The van der Waals surface area contributed by atoms with Crippen LogP contribution in [0.1, 0.15) is 24.3 Å². The number of carbonyl (C=O) groups excluding carboxylic acids is 2. The SMILES string of the molecule is CN1C(=O)CC(C(=O)N[C@@H](CCO)C(=O)O)c2ccccc21. The summed E-state index contributed by atoms with van der Waals surface area (Å²) in [5.74, 6) is -2.65. The molecule has 1 aromatic rings. The van der Waals surface area contributed by atoms with Crippen molar-refractivity contribution in [2.24, 2.45) is 0 Å². The largest absolute Gasteiger partial charge is 0.480 e. The van der Waals surface area contributed by atoms with E-state index >= 15 is 0 Å². The minimum atomic E-state index is -1.21. The molecule has 1 unspecified atom stereocenters. The van der Waals surface area contributed by atoms with E-state index in [0.29, 0.717) is 11.3 Å². The van der Waals surface area contributed by atoms with Gasteiger partial charge in [-0.2, -0.15) is 0 Å². The molecule has 0 spiro atoms. The highest BCUT2D eigenvalue weighted by atomic mass is 16.4. The number of hydrogen-bond acceptors (Lipinski definition) is 4. The molecule has 7 nitrogen and oxygen atoms in total. The summed E-state index contributed by atoms with van der Waals surface area (Å²) in [6.07, 6.45) is -0.0892. The molecule has 0 saturated heterocycles. The Bertz CT molecular complexity index is 601. The average molecular weight is 306 g/mol. The number of aliphatic hydroxyl groups is 1. The van der Waals surface area contributed by atoms with E-state index < -0.39 is 23.8 Å². The Labute approximate surface area is 127 Å². The van der Waals surface area contributed by atoms with Crippen LogP contribution in [0.3, 0.4) is 0 Å². The van der Waals surface area contributed by atoms with E-state index in [1.54, 1.807) is 31.3 Å². The predicted octanol–water partition coefficient (Wildman–Crippen LogP) is 0.0885. The Hall–Kier alpha value is -2.41. The van der Waals surface area contributed by atoms with E-state index in [9.17, 15) is 14.4 Å². The molecule has 118 valence electrons. The van der Waals surface area contributed by atoms with Crippen molar-refractivity contribution in [1.29, 1.82) is 0 Å². The number of carboxylic acid groups (broad SMARTS) is 1. The van der Waals surface area contributed by atoms with Crippen LogP contribution in [0.5, 0.6) is 0 Å². The van der Waals surface area contributed by atoms with E-state index in [2.05, 4.69) is 5.32 Å². The zero-order chi connectivity index (χ0) is 16.3. The van der Waals surface area contributed by atoms with Gasteiger partial charge in [-0.15, -0.1) is 0 Å². The topological polar surface area (TPSA) is 107 Å². The second kappa shape index (κ2) is 6.57. The van der Waals surface area contributed by atoms with Crippen LogP contribution in [0.2, 0.25) is 0 Å². The molecule has 0 aliphatic carbocycles. The van der Waals surface area contributed by atoms with Crippen molar-refractivity contribution in [3.8, 4) is 0 Å². The molecule has 1 aliphatic rings.